The molecule has 8 aromatic carbocycles. The van der Waals surface area contributed by atoms with Crippen LogP contribution in [0, 0.1) is 0 Å². The second kappa shape index (κ2) is 12.1. The molecule has 0 aliphatic carbocycles. The van der Waals surface area contributed by atoms with Crippen LogP contribution in [0.3, 0.4) is 0 Å². The van der Waals surface area contributed by atoms with Crippen LogP contribution >= 0.6 is 0 Å². The van der Waals surface area contributed by atoms with Gasteiger partial charge in [-0.2, -0.15) is 0 Å². The first kappa shape index (κ1) is 30.3. The summed E-state index contributed by atoms with van der Waals surface area (Å²) < 4.78 is 9.06. The van der Waals surface area contributed by atoms with Crippen LogP contribution in [0.5, 0.6) is 0 Å². The van der Waals surface area contributed by atoms with Gasteiger partial charge in [0.2, 0.25) is 0 Å². The number of nitrogens with zero attached hydrogens (tertiary/aromatic N) is 3. The van der Waals surface area contributed by atoms with Crippen LogP contribution in [0.4, 0.5) is 0 Å². The van der Waals surface area contributed by atoms with Crippen LogP contribution in [0.1, 0.15) is 0 Å². The molecule has 0 aliphatic rings. The molecular formula is C50H31N3O. The van der Waals surface area contributed by atoms with Crippen LogP contribution in [-0.4, -0.2) is 14.5 Å². The van der Waals surface area contributed by atoms with Crippen molar-refractivity contribution in [1.82, 2.24) is 14.5 Å². The maximum atomic E-state index is 6.69. The van der Waals surface area contributed by atoms with Gasteiger partial charge in [-0.15, -0.1) is 0 Å². The standard InChI is InChI=1S/C50H31N3O/c1-3-12-32(13-4-1)33-22-24-34(25-23-33)47-49-48(52-50(51-47)35-14-5-2-6-15-35)46-40(18-11-21-45(46)54-49)38-27-26-37-31-39(29-28-36(37)30-38)53-43-19-9-7-16-41(43)42-17-8-10-20-44(42)53/h1-31H. The quantitative estimate of drug-likeness (QED) is 0.181. The van der Waals surface area contributed by atoms with Crippen molar-refractivity contribution in [1.29, 1.82) is 0 Å². The number of furan rings is 1. The second-order valence-electron chi connectivity index (χ2n) is 13.8. The predicted molar refractivity (Wildman–Crippen MR) is 223 cm³/mol. The van der Waals surface area contributed by atoms with E-state index < -0.39 is 0 Å². The van der Waals surface area contributed by atoms with Gasteiger partial charge in [0.15, 0.2) is 11.4 Å². The zero-order valence-corrected chi connectivity index (χ0v) is 29.1. The lowest BCUT2D eigenvalue weighted by atomic mass is 9.97. The summed E-state index contributed by atoms with van der Waals surface area (Å²) in [5.41, 5.74) is 13.0. The molecule has 0 N–H and O–H groups in total. The first-order valence-electron chi connectivity index (χ1n) is 18.2. The molecule has 11 rings (SSSR count). The summed E-state index contributed by atoms with van der Waals surface area (Å²) in [5, 5.41) is 5.85. The minimum atomic E-state index is 0.666. The minimum Gasteiger partial charge on any atom is -0.452 e. The van der Waals surface area contributed by atoms with Crippen molar-refractivity contribution < 1.29 is 4.42 Å². The summed E-state index contributed by atoms with van der Waals surface area (Å²) in [5.74, 6) is 0.666. The number of hydrogen-bond acceptors (Lipinski definition) is 3. The summed E-state index contributed by atoms with van der Waals surface area (Å²) in [6.45, 7) is 0. The molecule has 0 fully saturated rings. The highest BCUT2D eigenvalue weighted by Crippen LogP contribution is 2.41. The van der Waals surface area contributed by atoms with Gasteiger partial charge in [-0.05, 0) is 69.4 Å². The molecule has 54 heavy (non-hydrogen) atoms. The topological polar surface area (TPSA) is 43.9 Å². The zero-order chi connectivity index (χ0) is 35.6. The fourth-order valence-corrected chi connectivity index (χ4v) is 8.03. The first-order chi connectivity index (χ1) is 26.8. The predicted octanol–water partition coefficient (Wildman–Crippen LogP) is 13.3. The van der Waals surface area contributed by atoms with Crippen molar-refractivity contribution in [2.24, 2.45) is 0 Å². The van der Waals surface area contributed by atoms with E-state index in [0.717, 1.165) is 55.7 Å². The van der Waals surface area contributed by atoms with Crippen molar-refractivity contribution in [3.63, 3.8) is 0 Å². The molecule has 0 saturated heterocycles. The van der Waals surface area contributed by atoms with Crippen molar-refractivity contribution in [3.05, 3.63) is 188 Å². The van der Waals surface area contributed by atoms with Gasteiger partial charge in [0.05, 0.1) is 16.4 Å². The average Bonchev–Trinajstić information content (AvgIpc) is 3.80. The van der Waals surface area contributed by atoms with E-state index in [-0.39, 0.29) is 0 Å². The summed E-state index contributed by atoms with van der Waals surface area (Å²) >= 11 is 0. The number of rotatable bonds is 5. The molecule has 0 radical (unpaired) electrons. The lowest BCUT2D eigenvalue weighted by Crippen LogP contribution is -1.94. The maximum Gasteiger partial charge on any atom is 0.180 e. The Morgan fingerprint density at radius 3 is 1.76 bits per heavy atom. The van der Waals surface area contributed by atoms with E-state index in [2.05, 4.69) is 162 Å². The SMILES string of the molecule is c1ccc(-c2ccc(-c3nc(-c4ccccc4)nc4c3oc3cccc(-c5ccc6cc(-n7c8ccccc8c8ccccc87)ccc6c5)c34)cc2)cc1. The van der Waals surface area contributed by atoms with Gasteiger partial charge in [0, 0.05) is 27.6 Å². The number of para-hydroxylation sites is 2. The van der Waals surface area contributed by atoms with Crippen molar-refractivity contribution in [2.75, 3.05) is 0 Å². The Morgan fingerprint density at radius 1 is 0.426 bits per heavy atom. The second-order valence-corrected chi connectivity index (χ2v) is 13.8. The third kappa shape index (κ3) is 4.85. The molecule has 0 saturated carbocycles. The van der Waals surface area contributed by atoms with E-state index in [1.165, 1.54) is 38.1 Å². The smallest absolute Gasteiger partial charge is 0.180 e. The van der Waals surface area contributed by atoms with Gasteiger partial charge in [-0.25, -0.2) is 9.97 Å². The summed E-state index contributed by atoms with van der Waals surface area (Å²) in [6.07, 6.45) is 0. The molecular weight excluding hydrogens is 659 g/mol. The van der Waals surface area contributed by atoms with E-state index in [1.807, 2.05) is 30.3 Å². The molecule has 3 aromatic heterocycles. The lowest BCUT2D eigenvalue weighted by molar-refractivity contribution is 0.667. The third-order valence-electron chi connectivity index (χ3n) is 10.6. The monoisotopic (exact) mass is 689 g/mol. The number of fused-ring (bicyclic) bond motifs is 7. The Morgan fingerprint density at radius 2 is 1.02 bits per heavy atom. The van der Waals surface area contributed by atoms with Gasteiger partial charge in [0.25, 0.3) is 0 Å². The van der Waals surface area contributed by atoms with E-state index in [9.17, 15) is 0 Å². The van der Waals surface area contributed by atoms with Crippen LogP contribution in [0.25, 0.3) is 105 Å². The molecule has 4 nitrogen and oxygen atoms in total. The fraction of sp³-hybridized carbons (Fsp3) is 0. The van der Waals surface area contributed by atoms with E-state index >= 15 is 0 Å². The third-order valence-corrected chi connectivity index (χ3v) is 10.6. The summed E-state index contributed by atoms with van der Waals surface area (Å²) in [7, 11) is 0. The highest BCUT2D eigenvalue weighted by Gasteiger charge is 2.21. The van der Waals surface area contributed by atoms with Crippen LogP contribution in [-0.2, 0) is 0 Å². The molecule has 0 amide bonds. The maximum absolute atomic E-state index is 6.69. The fourth-order valence-electron chi connectivity index (χ4n) is 8.03. The highest BCUT2D eigenvalue weighted by atomic mass is 16.3. The highest BCUT2D eigenvalue weighted by molar-refractivity contribution is 6.14. The molecule has 0 unspecified atom stereocenters. The Labute approximate surface area is 311 Å². The molecule has 0 aliphatic heterocycles. The van der Waals surface area contributed by atoms with Gasteiger partial charge < -0.3 is 8.98 Å². The van der Waals surface area contributed by atoms with Crippen molar-refractivity contribution in [3.8, 4) is 50.6 Å². The van der Waals surface area contributed by atoms with Gasteiger partial charge >= 0.3 is 0 Å². The van der Waals surface area contributed by atoms with E-state index in [1.54, 1.807) is 0 Å². The van der Waals surface area contributed by atoms with Crippen LogP contribution < -0.4 is 0 Å². The molecule has 11 aromatic rings. The Bertz CT molecular complexity index is 3140. The molecule has 0 atom stereocenters. The number of benzene rings is 8. The minimum absolute atomic E-state index is 0.666. The average molecular weight is 690 g/mol. The first-order valence-corrected chi connectivity index (χ1v) is 18.2. The van der Waals surface area contributed by atoms with Crippen LogP contribution in [0.2, 0.25) is 0 Å². The van der Waals surface area contributed by atoms with Crippen molar-refractivity contribution >= 4 is 54.6 Å². The van der Waals surface area contributed by atoms with E-state index in [4.69, 9.17) is 14.4 Å². The van der Waals surface area contributed by atoms with Gasteiger partial charge in [0.1, 0.15) is 16.8 Å². The summed E-state index contributed by atoms with van der Waals surface area (Å²) in [6, 6.07) is 66.2. The lowest BCUT2D eigenvalue weighted by Gasteiger charge is -2.11. The normalized spacial score (nSPS) is 11.7. The Balaban J connectivity index is 1.07. The Hall–Kier alpha value is -7.30. The molecule has 3 heterocycles. The largest absolute Gasteiger partial charge is 0.452 e. The van der Waals surface area contributed by atoms with Crippen LogP contribution in [0.15, 0.2) is 192 Å². The number of aromatic nitrogens is 3. The van der Waals surface area contributed by atoms with Gasteiger partial charge in [-0.1, -0.05) is 152 Å². The molecule has 0 bridgehead atoms. The molecule has 252 valence electrons. The van der Waals surface area contributed by atoms with Gasteiger partial charge in [-0.3, -0.25) is 0 Å². The summed E-state index contributed by atoms with van der Waals surface area (Å²) in [4.78, 5) is 10.4. The zero-order valence-electron chi connectivity index (χ0n) is 29.1. The molecule has 0 spiro atoms. The number of hydrogen-bond donors (Lipinski definition) is 0. The Kier molecular flexibility index (Phi) is 6.82. The van der Waals surface area contributed by atoms with Crippen molar-refractivity contribution in [2.45, 2.75) is 0 Å². The van der Waals surface area contributed by atoms with E-state index in [0.29, 0.717) is 11.4 Å². The molecule has 4 heteroatoms.